The van der Waals surface area contributed by atoms with Crippen LogP contribution in [0.2, 0.25) is 0 Å². The van der Waals surface area contributed by atoms with Crippen LogP contribution in [0.1, 0.15) is 0 Å². The fourth-order valence-electron chi connectivity index (χ4n) is 6.99. The highest BCUT2D eigenvalue weighted by Gasteiger charge is 2.21. The first kappa shape index (κ1) is 24.6. The Hall–Kier alpha value is -5.78. The topological polar surface area (TPSA) is 35.6 Å². The van der Waals surface area contributed by atoms with Gasteiger partial charge in [-0.1, -0.05) is 103 Å². The van der Waals surface area contributed by atoms with E-state index in [4.69, 9.17) is 9.97 Å². The fraction of sp³-hybridized carbons (Fsp3) is 0. The first-order valence-corrected chi connectivity index (χ1v) is 15.9. The van der Waals surface area contributed by atoms with Crippen molar-refractivity contribution in [3.63, 3.8) is 0 Å². The fourth-order valence-corrected chi connectivity index (χ4v) is 8.14. The molecular formula is C40H24N4S. The Balaban J connectivity index is 1.32. The smallest absolute Gasteiger partial charge is 0.235 e. The lowest BCUT2D eigenvalue weighted by molar-refractivity contribution is 1.02. The van der Waals surface area contributed by atoms with E-state index in [1.165, 1.54) is 31.8 Å². The lowest BCUT2D eigenvalue weighted by Gasteiger charge is -2.11. The molecule has 0 atom stereocenters. The zero-order valence-corrected chi connectivity index (χ0v) is 24.9. The molecule has 6 aromatic carbocycles. The van der Waals surface area contributed by atoms with Gasteiger partial charge in [-0.05, 0) is 42.5 Å². The average molecular weight is 593 g/mol. The molecule has 4 heterocycles. The molecule has 0 spiro atoms. The largest absolute Gasteiger partial charge is 0.309 e. The third-order valence-electron chi connectivity index (χ3n) is 8.95. The summed E-state index contributed by atoms with van der Waals surface area (Å²) in [7, 11) is 0. The molecule has 0 saturated heterocycles. The Morgan fingerprint density at radius 1 is 0.444 bits per heavy atom. The summed E-state index contributed by atoms with van der Waals surface area (Å²) in [6.45, 7) is 0. The minimum absolute atomic E-state index is 0.683. The maximum absolute atomic E-state index is 5.43. The summed E-state index contributed by atoms with van der Waals surface area (Å²) >= 11 is 1.77. The molecule has 5 heteroatoms. The molecule has 0 amide bonds. The van der Waals surface area contributed by atoms with Gasteiger partial charge >= 0.3 is 0 Å². The molecule has 0 bridgehead atoms. The van der Waals surface area contributed by atoms with Crippen LogP contribution in [-0.4, -0.2) is 19.1 Å². The SMILES string of the molecule is c1ccc(-n2c3ccccc3c3ccc(-c4nc(-n5c6ccccc6c6ccccc65)nc5c4sc4ccccc45)cc32)cc1. The second kappa shape index (κ2) is 9.36. The molecule has 4 aromatic heterocycles. The molecular weight excluding hydrogens is 569 g/mol. The van der Waals surface area contributed by atoms with E-state index in [9.17, 15) is 0 Å². The van der Waals surface area contributed by atoms with Gasteiger partial charge in [-0.2, -0.15) is 0 Å². The van der Waals surface area contributed by atoms with Crippen LogP contribution >= 0.6 is 11.3 Å². The normalized spacial score (nSPS) is 12.0. The van der Waals surface area contributed by atoms with Gasteiger partial charge in [0.05, 0.1) is 38.0 Å². The van der Waals surface area contributed by atoms with Crippen molar-refractivity contribution in [2.45, 2.75) is 0 Å². The van der Waals surface area contributed by atoms with Crippen LogP contribution in [0.4, 0.5) is 0 Å². The van der Waals surface area contributed by atoms with Crippen molar-refractivity contribution in [2.75, 3.05) is 0 Å². The number of hydrogen-bond acceptors (Lipinski definition) is 3. The summed E-state index contributed by atoms with van der Waals surface area (Å²) in [6.07, 6.45) is 0. The second-order valence-corrected chi connectivity index (χ2v) is 12.5. The molecule has 0 unspecified atom stereocenters. The highest BCUT2D eigenvalue weighted by Crippen LogP contribution is 2.41. The molecule has 0 aliphatic rings. The van der Waals surface area contributed by atoms with Gasteiger partial charge in [-0.3, -0.25) is 4.57 Å². The average Bonchev–Trinajstić information content (AvgIpc) is 3.76. The van der Waals surface area contributed by atoms with Crippen molar-refractivity contribution in [2.24, 2.45) is 0 Å². The summed E-state index contributed by atoms with van der Waals surface area (Å²) < 4.78 is 6.90. The molecule has 210 valence electrons. The van der Waals surface area contributed by atoms with Gasteiger partial charge in [0.15, 0.2) is 0 Å². The van der Waals surface area contributed by atoms with Gasteiger partial charge in [0.2, 0.25) is 5.95 Å². The van der Waals surface area contributed by atoms with Crippen LogP contribution in [0.5, 0.6) is 0 Å². The third kappa shape index (κ3) is 3.53. The van der Waals surface area contributed by atoms with Gasteiger partial charge < -0.3 is 4.57 Å². The predicted octanol–water partition coefficient (Wildman–Crippen LogP) is 10.7. The number of hydrogen-bond donors (Lipinski definition) is 0. The zero-order valence-electron chi connectivity index (χ0n) is 24.1. The van der Waals surface area contributed by atoms with Crippen LogP contribution < -0.4 is 0 Å². The van der Waals surface area contributed by atoms with Gasteiger partial charge in [0, 0.05) is 42.9 Å². The molecule has 0 saturated carbocycles. The zero-order chi connectivity index (χ0) is 29.5. The number of benzene rings is 6. The number of fused-ring (bicyclic) bond motifs is 9. The summed E-state index contributed by atoms with van der Waals surface area (Å²) in [4.78, 5) is 10.7. The van der Waals surface area contributed by atoms with E-state index < -0.39 is 0 Å². The lowest BCUT2D eigenvalue weighted by atomic mass is 10.1. The van der Waals surface area contributed by atoms with E-state index >= 15 is 0 Å². The molecule has 0 aliphatic heterocycles. The summed E-state index contributed by atoms with van der Waals surface area (Å²) in [5.41, 5.74) is 8.70. The highest BCUT2D eigenvalue weighted by molar-refractivity contribution is 7.26. The summed E-state index contributed by atoms with van der Waals surface area (Å²) in [6, 6.07) is 51.7. The lowest BCUT2D eigenvalue weighted by Crippen LogP contribution is -2.02. The molecule has 0 N–H and O–H groups in total. The predicted molar refractivity (Wildman–Crippen MR) is 189 cm³/mol. The number of para-hydroxylation sites is 4. The quantitative estimate of drug-likeness (QED) is 0.205. The number of aromatic nitrogens is 4. The minimum Gasteiger partial charge on any atom is -0.309 e. The third-order valence-corrected chi connectivity index (χ3v) is 10.1. The van der Waals surface area contributed by atoms with Gasteiger partial charge in [0.1, 0.15) is 0 Å². The van der Waals surface area contributed by atoms with E-state index in [0.29, 0.717) is 5.95 Å². The summed E-state index contributed by atoms with van der Waals surface area (Å²) in [5, 5.41) is 6.01. The number of nitrogens with zero attached hydrogens (tertiary/aromatic N) is 4. The van der Waals surface area contributed by atoms with E-state index in [0.717, 1.165) is 49.1 Å². The van der Waals surface area contributed by atoms with E-state index in [-0.39, 0.29) is 0 Å². The monoisotopic (exact) mass is 592 g/mol. The Labute approximate surface area is 262 Å². The van der Waals surface area contributed by atoms with Crippen molar-refractivity contribution in [1.29, 1.82) is 0 Å². The Bertz CT molecular complexity index is 2710. The van der Waals surface area contributed by atoms with Crippen LogP contribution in [0.3, 0.4) is 0 Å². The van der Waals surface area contributed by atoms with E-state index in [2.05, 4.69) is 155 Å². The van der Waals surface area contributed by atoms with Gasteiger partial charge in [0.25, 0.3) is 0 Å². The van der Waals surface area contributed by atoms with Gasteiger partial charge in [-0.15, -0.1) is 11.3 Å². The second-order valence-electron chi connectivity index (χ2n) is 11.4. The number of rotatable bonds is 3. The van der Waals surface area contributed by atoms with Crippen molar-refractivity contribution >= 4 is 75.3 Å². The minimum atomic E-state index is 0.683. The molecule has 10 rings (SSSR count). The first-order chi connectivity index (χ1) is 22.3. The molecule has 0 fully saturated rings. The Morgan fingerprint density at radius 2 is 1.00 bits per heavy atom. The Morgan fingerprint density at radius 3 is 1.69 bits per heavy atom. The molecule has 0 aliphatic carbocycles. The maximum Gasteiger partial charge on any atom is 0.235 e. The van der Waals surface area contributed by atoms with Crippen LogP contribution in [0.25, 0.3) is 86.8 Å². The molecule has 45 heavy (non-hydrogen) atoms. The molecule has 0 radical (unpaired) electrons. The van der Waals surface area contributed by atoms with Gasteiger partial charge in [-0.25, -0.2) is 9.97 Å². The summed E-state index contributed by atoms with van der Waals surface area (Å²) in [5.74, 6) is 0.683. The molecule has 4 nitrogen and oxygen atoms in total. The van der Waals surface area contributed by atoms with Crippen molar-refractivity contribution in [1.82, 2.24) is 19.1 Å². The van der Waals surface area contributed by atoms with Crippen LogP contribution in [-0.2, 0) is 0 Å². The van der Waals surface area contributed by atoms with Crippen LogP contribution in [0, 0.1) is 0 Å². The van der Waals surface area contributed by atoms with Crippen molar-refractivity contribution < 1.29 is 0 Å². The molecule has 10 aromatic rings. The van der Waals surface area contributed by atoms with Crippen molar-refractivity contribution in [3.05, 3.63) is 146 Å². The number of thiophene rings is 1. The standard InChI is InChI=1S/C40H24N4S/c1-2-12-26(13-3-1)43-32-18-8-4-16-29(32)30-23-22-25(24-35(30)43)37-39-38(31-17-7-11-21-36(31)45-39)42-40(41-37)44-33-19-9-5-14-27(33)28-15-6-10-20-34(28)44/h1-24H. The first-order valence-electron chi connectivity index (χ1n) is 15.1. The van der Waals surface area contributed by atoms with Crippen LogP contribution in [0.15, 0.2) is 146 Å². The van der Waals surface area contributed by atoms with E-state index in [1.807, 2.05) is 0 Å². The Kier molecular flexibility index (Phi) is 5.12. The van der Waals surface area contributed by atoms with Crippen molar-refractivity contribution in [3.8, 4) is 22.9 Å². The van der Waals surface area contributed by atoms with E-state index in [1.54, 1.807) is 11.3 Å². The maximum atomic E-state index is 5.43. The highest BCUT2D eigenvalue weighted by atomic mass is 32.1.